The number of aliphatic hydroxyl groups excluding tert-OH is 1. The Morgan fingerprint density at radius 2 is 1.64 bits per heavy atom. The summed E-state index contributed by atoms with van der Waals surface area (Å²) in [4.78, 5) is 14.9. The average molecular weight is 345 g/mol. The third kappa shape index (κ3) is 3.84. The van der Waals surface area contributed by atoms with E-state index in [2.05, 4.69) is 0 Å². The van der Waals surface area contributed by atoms with Crippen LogP contribution in [0.15, 0.2) is 30.3 Å². The Hall–Kier alpha value is -1.55. The van der Waals surface area contributed by atoms with Gasteiger partial charge in [-0.1, -0.05) is 30.3 Å². The maximum atomic E-state index is 13.0. The van der Waals surface area contributed by atoms with Crippen molar-refractivity contribution in [3.8, 4) is 0 Å². The third-order valence-electron chi connectivity index (χ3n) is 6.19. The van der Waals surface area contributed by atoms with Crippen LogP contribution in [0.2, 0.25) is 0 Å². The van der Waals surface area contributed by atoms with Crippen molar-refractivity contribution in [1.82, 2.24) is 4.90 Å². The number of benzene rings is 1. The molecule has 0 aliphatic heterocycles. The van der Waals surface area contributed by atoms with Gasteiger partial charge in [-0.3, -0.25) is 4.90 Å². The molecule has 0 atom stereocenters. The zero-order chi connectivity index (χ0) is 18.1. The summed E-state index contributed by atoms with van der Waals surface area (Å²) in [5.41, 5.74) is 0.566. The molecule has 3 aliphatic carbocycles. The highest BCUT2D eigenvalue weighted by Crippen LogP contribution is 2.53. The predicted octanol–water partition coefficient (Wildman–Crippen LogP) is 4.51. The Labute approximate surface area is 151 Å². The monoisotopic (exact) mass is 345 g/mol. The fourth-order valence-electron chi connectivity index (χ4n) is 4.20. The van der Waals surface area contributed by atoms with Crippen LogP contribution < -0.4 is 0 Å². The summed E-state index contributed by atoms with van der Waals surface area (Å²) in [6.45, 7) is 6.97. The molecule has 3 fully saturated rings. The number of hydrogen-bond acceptors (Lipinski definition) is 3. The summed E-state index contributed by atoms with van der Waals surface area (Å²) in [5.74, 6) is 0. The Kier molecular flexibility index (Phi) is 4.84. The van der Waals surface area contributed by atoms with Crippen molar-refractivity contribution in [2.75, 3.05) is 6.61 Å². The van der Waals surface area contributed by atoms with Gasteiger partial charge in [0.25, 0.3) is 0 Å². The number of nitrogens with zero attached hydrogens (tertiary/aromatic N) is 1. The van der Waals surface area contributed by atoms with E-state index in [0.29, 0.717) is 6.54 Å². The highest BCUT2D eigenvalue weighted by atomic mass is 16.6. The molecule has 0 saturated heterocycles. The van der Waals surface area contributed by atoms with Gasteiger partial charge in [-0.05, 0) is 70.3 Å². The number of amides is 1. The number of carbonyl (C=O) groups excluding carboxylic acids is 1. The van der Waals surface area contributed by atoms with Crippen LogP contribution in [0.4, 0.5) is 4.79 Å². The van der Waals surface area contributed by atoms with Crippen LogP contribution in [0, 0.1) is 5.41 Å². The summed E-state index contributed by atoms with van der Waals surface area (Å²) >= 11 is 0. The summed E-state index contributed by atoms with van der Waals surface area (Å²) in [5, 5.41) is 9.68. The highest BCUT2D eigenvalue weighted by molar-refractivity contribution is 5.69. The van der Waals surface area contributed by atoms with Crippen molar-refractivity contribution in [3.63, 3.8) is 0 Å². The molecule has 138 valence electrons. The molecule has 4 rings (SSSR count). The molecule has 2 bridgehead atoms. The van der Waals surface area contributed by atoms with Gasteiger partial charge in [0.05, 0.1) is 0 Å². The first-order chi connectivity index (χ1) is 11.8. The first-order valence-electron chi connectivity index (χ1n) is 9.43. The molecule has 0 heterocycles. The fraction of sp³-hybridized carbons (Fsp3) is 0.667. The summed E-state index contributed by atoms with van der Waals surface area (Å²) in [6, 6.07) is 10.1. The Morgan fingerprint density at radius 3 is 2.12 bits per heavy atom. The standard InChI is InChI=1S/C21H31NO3/c1-19(2,3)22(15-17-7-5-4-6-8-17)18(24)25-21-12-9-20(16-23,10-13-21)11-14-21/h4-8,23H,9-16H2,1-3H3. The first-order valence-corrected chi connectivity index (χ1v) is 9.43. The minimum atomic E-state index is -0.325. The van der Waals surface area contributed by atoms with Gasteiger partial charge in [0, 0.05) is 18.7 Å². The summed E-state index contributed by atoms with van der Waals surface area (Å²) < 4.78 is 6.12. The van der Waals surface area contributed by atoms with Crippen molar-refractivity contribution in [2.45, 2.75) is 77.0 Å². The molecule has 1 N–H and O–H groups in total. The van der Waals surface area contributed by atoms with Crippen molar-refractivity contribution < 1.29 is 14.6 Å². The van der Waals surface area contributed by atoms with E-state index in [9.17, 15) is 9.90 Å². The summed E-state index contributed by atoms with van der Waals surface area (Å²) in [6.07, 6.45) is 5.31. The van der Waals surface area contributed by atoms with Crippen molar-refractivity contribution >= 4 is 6.09 Å². The smallest absolute Gasteiger partial charge is 0.411 e. The first kappa shape index (κ1) is 18.2. The molecule has 0 aromatic heterocycles. The van der Waals surface area contributed by atoms with Gasteiger partial charge in [0.2, 0.25) is 0 Å². The molecule has 1 aromatic rings. The lowest BCUT2D eigenvalue weighted by atomic mass is 9.59. The molecule has 25 heavy (non-hydrogen) atoms. The molecule has 4 heteroatoms. The normalized spacial score (nSPS) is 28.6. The van der Waals surface area contributed by atoms with Crippen molar-refractivity contribution in [3.05, 3.63) is 35.9 Å². The lowest BCUT2D eigenvalue weighted by Crippen LogP contribution is -2.53. The second-order valence-corrected chi connectivity index (χ2v) is 8.95. The van der Waals surface area contributed by atoms with E-state index in [1.54, 1.807) is 0 Å². The highest BCUT2D eigenvalue weighted by Gasteiger charge is 2.51. The molecule has 1 aromatic carbocycles. The Bertz CT molecular complexity index is 581. The van der Waals surface area contributed by atoms with E-state index in [1.807, 2.05) is 56.0 Å². The van der Waals surface area contributed by atoms with E-state index in [0.717, 1.165) is 44.1 Å². The number of fused-ring (bicyclic) bond motifs is 3. The van der Waals surface area contributed by atoms with Gasteiger partial charge in [0.15, 0.2) is 0 Å². The van der Waals surface area contributed by atoms with Crippen LogP contribution >= 0.6 is 0 Å². The molecule has 4 nitrogen and oxygen atoms in total. The van der Waals surface area contributed by atoms with Gasteiger partial charge >= 0.3 is 6.09 Å². The van der Waals surface area contributed by atoms with Gasteiger partial charge in [-0.25, -0.2) is 4.79 Å². The molecular weight excluding hydrogens is 314 g/mol. The van der Waals surface area contributed by atoms with Gasteiger partial charge in [-0.2, -0.15) is 0 Å². The Morgan fingerprint density at radius 1 is 1.08 bits per heavy atom. The quantitative estimate of drug-likeness (QED) is 0.873. The van der Waals surface area contributed by atoms with Gasteiger partial charge in [-0.15, -0.1) is 0 Å². The Balaban J connectivity index is 1.71. The molecule has 3 aliphatic rings. The molecule has 1 amide bonds. The lowest BCUT2D eigenvalue weighted by molar-refractivity contribution is -0.121. The maximum absolute atomic E-state index is 13.0. The van der Waals surface area contributed by atoms with Gasteiger partial charge in [0.1, 0.15) is 5.60 Å². The zero-order valence-electron chi connectivity index (χ0n) is 15.8. The topological polar surface area (TPSA) is 49.8 Å². The largest absolute Gasteiger partial charge is 0.443 e. The molecule has 0 spiro atoms. The number of hydrogen-bond donors (Lipinski definition) is 1. The van der Waals surface area contributed by atoms with E-state index in [4.69, 9.17) is 4.74 Å². The molecule has 0 radical (unpaired) electrons. The minimum absolute atomic E-state index is 0.0852. The van der Waals surface area contributed by atoms with Crippen LogP contribution in [0.3, 0.4) is 0 Å². The molecule has 0 unspecified atom stereocenters. The lowest BCUT2D eigenvalue weighted by Gasteiger charge is -2.52. The average Bonchev–Trinajstić information content (AvgIpc) is 2.61. The van der Waals surface area contributed by atoms with Crippen LogP contribution in [0.5, 0.6) is 0 Å². The van der Waals surface area contributed by atoms with Crippen LogP contribution in [0.1, 0.15) is 64.9 Å². The minimum Gasteiger partial charge on any atom is -0.443 e. The number of aliphatic hydroxyl groups is 1. The number of ether oxygens (including phenoxy) is 1. The van der Waals surface area contributed by atoms with Crippen LogP contribution in [0.25, 0.3) is 0 Å². The van der Waals surface area contributed by atoms with Gasteiger partial charge < -0.3 is 9.84 Å². The van der Waals surface area contributed by atoms with Crippen molar-refractivity contribution in [1.29, 1.82) is 0 Å². The number of carbonyl (C=O) groups is 1. The summed E-state index contributed by atoms with van der Waals surface area (Å²) in [7, 11) is 0. The van der Waals surface area contributed by atoms with Crippen LogP contribution in [-0.2, 0) is 11.3 Å². The number of rotatable bonds is 4. The van der Waals surface area contributed by atoms with E-state index >= 15 is 0 Å². The van der Waals surface area contributed by atoms with E-state index < -0.39 is 0 Å². The SMILES string of the molecule is CC(C)(C)N(Cc1ccccc1)C(=O)OC12CCC(CO)(CC1)CC2. The fourth-order valence-corrected chi connectivity index (χ4v) is 4.20. The second kappa shape index (κ2) is 6.64. The van der Waals surface area contributed by atoms with E-state index in [-0.39, 0.29) is 29.3 Å². The molecule has 3 saturated carbocycles. The predicted molar refractivity (Wildman–Crippen MR) is 98.2 cm³/mol. The molecular formula is C21H31NO3. The zero-order valence-corrected chi connectivity index (χ0v) is 15.8. The van der Waals surface area contributed by atoms with Crippen LogP contribution in [-0.4, -0.2) is 33.8 Å². The maximum Gasteiger partial charge on any atom is 0.411 e. The third-order valence-corrected chi connectivity index (χ3v) is 6.19. The van der Waals surface area contributed by atoms with Crippen molar-refractivity contribution in [2.24, 2.45) is 5.41 Å². The second-order valence-electron chi connectivity index (χ2n) is 8.95. The van der Waals surface area contributed by atoms with E-state index in [1.165, 1.54) is 0 Å².